The fourth-order valence-corrected chi connectivity index (χ4v) is 0.250. The van der Waals surface area contributed by atoms with Crippen LogP contribution in [0.3, 0.4) is 0 Å². The maximum absolute atomic E-state index is 3.52. The third-order valence-electron chi connectivity index (χ3n) is 0.707. The van der Waals surface area contributed by atoms with Gasteiger partial charge in [0.1, 0.15) is 0 Å². The van der Waals surface area contributed by atoms with Crippen LogP contribution in [-0.4, -0.2) is 0 Å². The fraction of sp³-hybridized carbons (Fsp3) is 0. The number of hydrogen-bond acceptors (Lipinski definition) is 0. The lowest BCUT2D eigenvalue weighted by atomic mass is 10.1. The van der Waals surface area contributed by atoms with Crippen molar-refractivity contribution in [2.75, 3.05) is 0 Å². The summed E-state index contributed by atoms with van der Waals surface area (Å²) in [6, 6.07) is 0. The van der Waals surface area contributed by atoms with Gasteiger partial charge in [0.25, 0.3) is 0 Å². The van der Waals surface area contributed by atoms with Crippen molar-refractivity contribution >= 4 is 0 Å². The van der Waals surface area contributed by atoms with Crippen LogP contribution in [-0.2, 0) is 0 Å². The topological polar surface area (TPSA) is 0 Å². The van der Waals surface area contributed by atoms with Crippen LogP contribution in [0.2, 0.25) is 0 Å². The van der Waals surface area contributed by atoms with Gasteiger partial charge in [0, 0.05) is 5.92 Å². The van der Waals surface area contributed by atoms with Crippen LogP contribution in [0.1, 0.15) is 0 Å². The van der Waals surface area contributed by atoms with E-state index in [2.05, 4.69) is 19.7 Å². The maximum Gasteiger partial charge on any atom is 0.0395 e. The molecule has 0 aliphatic heterocycles. The molecule has 0 saturated carbocycles. The van der Waals surface area contributed by atoms with E-state index >= 15 is 0 Å². The van der Waals surface area contributed by atoms with Crippen molar-refractivity contribution in [2.45, 2.75) is 0 Å². The maximum atomic E-state index is 3.52. The minimum absolute atomic E-state index is 0.972. The standard InChI is InChI=1S/C7H9/c1-4-7(5-2)6-3/h4-6H,1-3H2. The first-order valence-corrected chi connectivity index (χ1v) is 2.09. The van der Waals surface area contributed by atoms with Gasteiger partial charge in [-0.3, -0.25) is 0 Å². The van der Waals surface area contributed by atoms with Gasteiger partial charge in [0.15, 0.2) is 0 Å². The zero-order valence-corrected chi connectivity index (χ0v) is 4.35. The van der Waals surface area contributed by atoms with Crippen molar-refractivity contribution in [1.82, 2.24) is 0 Å². The SMILES string of the molecule is C=C[C](C=C)C=C. The van der Waals surface area contributed by atoms with E-state index in [1.807, 2.05) is 0 Å². The van der Waals surface area contributed by atoms with Crippen LogP contribution in [0.5, 0.6) is 0 Å². The van der Waals surface area contributed by atoms with Gasteiger partial charge in [0.05, 0.1) is 0 Å². The van der Waals surface area contributed by atoms with E-state index in [0.717, 1.165) is 5.92 Å². The van der Waals surface area contributed by atoms with Crippen LogP contribution in [0.4, 0.5) is 0 Å². The van der Waals surface area contributed by atoms with Crippen LogP contribution in [0.25, 0.3) is 0 Å². The van der Waals surface area contributed by atoms with E-state index in [4.69, 9.17) is 0 Å². The molecule has 0 heterocycles. The van der Waals surface area contributed by atoms with Crippen LogP contribution in [0.15, 0.2) is 38.0 Å². The molecule has 0 aromatic carbocycles. The highest BCUT2D eigenvalue weighted by Crippen LogP contribution is 2.00. The first-order valence-electron chi connectivity index (χ1n) is 2.09. The molecule has 0 spiro atoms. The molecule has 0 amide bonds. The molecule has 0 atom stereocenters. The van der Waals surface area contributed by atoms with E-state index in [9.17, 15) is 0 Å². The molecule has 0 fully saturated rings. The van der Waals surface area contributed by atoms with E-state index in [1.165, 1.54) is 0 Å². The summed E-state index contributed by atoms with van der Waals surface area (Å²) < 4.78 is 0. The monoisotopic (exact) mass is 93.1 g/mol. The van der Waals surface area contributed by atoms with Gasteiger partial charge < -0.3 is 0 Å². The summed E-state index contributed by atoms with van der Waals surface area (Å²) in [5.41, 5.74) is 0. The van der Waals surface area contributed by atoms with E-state index in [-0.39, 0.29) is 0 Å². The third-order valence-corrected chi connectivity index (χ3v) is 0.707. The van der Waals surface area contributed by atoms with Crippen molar-refractivity contribution in [1.29, 1.82) is 0 Å². The van der Waals surface area contributed by atoms with Gasteiger partial charge in [-0.2, -0.15) is 0 Å². The Morgan fingerprint density at radius 3 is 1.14 bits per heavy atom. The Hall–Kier alpha value is -0.780. The highest BCUT2D eigenvalue weighted by molar-refractivity contribution is 5.28. The van der Waals surface area contributed by atoms with Crippen molar-refractivity contribution in [3.8, 4) is 0 Å². The molecule has 0 aromatic rings. The quantitative estimate of drug-likeness (QED) is 0.501. The zero-order valence-electron chi connectivity index (χ0n) is 4.35. The van der Waals surface area contributed by atoms with Gasteiger partial charge in [-0.15, -0.1) is 19.7 Å². The molecule has 37 valence electrons. The summed E-state index contributed by atoms with van der Waals surface area (Å²) in [6.07, 6.45) is 5.12. The molecule has 7 heavy (non-hydrogen) atoms. The average Bonchev–Trinajstić information content (AvgIpc) is 1.72. The van der Waals surface area contributed by atoms with Gasteiger partial charge >= 0.3 is 0 Å². The zero-order chi connectivity index (χ0) is 5.70. The van der Waals surface area contributed by atoms with Crippen molar-refractivity contribution < 1.29 is 0 Å². The minimum atomic E-state index is 0.972. The molecule has 0 nitrogen and oxygen atoms in total. The Bertz CT molecular complexity index is 61.0. The van der Waals surface area contributed by atoms with E-state index < -0.39 is 0 Å². The molecule has 0 rings (SSSR count). The summed E-state index contributed by atoms with van der Waals surface area (Å²) in [5.74, 6) is 0.972. The fourth-order valence-electron chi connectivity index (χ4n) is 0.250. The van der Waals surface area contributed by atoms with Crippen LogP contribution >= 0.6 is 0 Å². The molecule has 0 N–H and O–H groups in total. The minimum Gasteiger partial charge on any atom is -0.102 e. The summed E-state index contributed by atoms with van der Waals surface area (Å²) in [5, 5.41) is 0. The lowest BCUT2D eigenvalue weighted by molar-refractivity contribution is 1.52. The second-order valence-electron chi connectivity index (χ2n) is 1.11. The molecule has 0 aromatic heterocycles. The van der Waals surface area contributed by atoms with Crippen molar-refractivity contribution in [3.63, 3.8) is 0 Å². The molecule has 0 saturated heterocycles. The highest BCUT2D eigenvalue weighted by atomic mass is 13.9. The summed E-state index contributed by atoms with van der Waals surface area (Å²) in [6.45, 7) is 10.6. The Labute approximate surface area is 44.9 Å². The van der Waals surface area contributed by atoms with Crippen LogP contribution in [0, 0.1) is 5.92 Å². The molecule has 0 unspecified atom stereocenters. The third kappa shape index (κ3) is 1.99. The first kappa shape index (κ1) is 6.22. The van der Waals surface area contributed by atoms with Gasteiger partial charge in [-0.05, 0) is 0 Å². The second-order valence-corrected chi connectivity index (χ2v) is 1.11. The lowest BCUT2D eigenvalue weighted by Crippen LogP contribution is -1.75. The van der Waals surface area contributed by atoms with Gasteiger partial charge in [-0.25, -0.2) is 0 Å². The molecule has 1 radical (unpaired) electrons. The van der Waals surface area contributed by atoms with Crippen LogP contribution < -0.4 is 0 Å². The van der Waals surface area contributed by atoms with Gasteiger partial charge in [-0.1, -0.05) is 18.2 Å². The molecule has 0 bridgehead atoms. The summed E-state index contributed by atoms with van der Waals surface area (Å²) in [4.78, 5) is 0. The Morgan fingerprint density at radius 1 is 0.857 bits per heavy atom. The molecular formula is C7H9. The number of allylic oxidation sites excluding steroid dienone is 3. The summed E-state index contributed by atoms with van der Waals surface area (Å²) in [7, 11) is 0. The smallest absolute Gasteiger partial charge is 0.0395 e. The largest absolute Gasteiger partial charge is 0.102 e. The van der Waals surface area contributed by atoms with Crippen molar-refractivity contribution in [2.24, 2.45) is 0 Å². The Kier molecular flexibility index (Phi) is 3.03. The molecular weight excluding hydrogens is 84.1 g/mol. The average molecular weight is 93.1 g/mol. The molecule has 0 heteroatoms. The Morgan fingerprint density at radius 2 is 1.14 bits per heavy atom. The predicted octanol–water partition coefficient (Wildman–Crippen LogP) is 2.12. The van der Waals surface area contributed by atoms with E-state index in [1.54, 1.807) is 18.2 Å². The highest BCUT2D eigenvalue weighted by Gasteiger charge is 1.85. The number of rotatable bonds is 3. The normalized spacial score (nSPS) is 8.14. The summed E-state index contributed by atoms with van der Waals surface area (Å²) >= 11 is 0. The Balaban J connectivity index is 3.57. The predicted molar refractivity (Wildman–Crippen MR) is 33.8 cm³/mol. The number of hydrogen-bond donors (Lipinski definition) is 0. The lowest BCUT2D eigenvalue weighted by Gasteiger charge is -1.90. The van der Waals surface area contributed by atoms with E-state index in [0.29, 0.717) is 0 Å². The molecule has 0 aliphatic rings. The molecule has 0 aliphatic carbocycles. The second kappa shape index (κ2) is 3.41. The van der Waals surface area contributed by atoms with Crippen molar-refractivity contribution in [3.05, 3.63) is 43.9 Å². The first-order chi connectivity index (χ1) is 3.35. The van der Waals surface area contributed by atoms with Gasteiger partial charge in [0.2, 0.25) is 0 Å².